The number of ketones is 1. The van der Waals surface area contributed by atoms with Gasteiger partial charge in [0.15, 0.2) is 5.78 Å². The van der Waals surface area contributed by atoms with Gasteiger partial charge in [-0.25, -0.2) is 4.39 Å². The maximum atomic E-state index is 13.2. The summed E-state index contributed by atoms with van der Waals surface area (Å²) in [7, 11) is 1.61. The fourth-order valence-corrected chi connectivity index (χ4v) is 1.82. The highest BCUT2D eigenvalue weighted by molar-refractivity contribution is 6.09. The van der Waals surface area contributed by atoms with Crippen molar-refractivity contribution in [3.63, 3.8) is 0 Å². The average molecular weight is 272 g/mol. The van der Waals surface area contributed by atoms with Gasteiger partial charge in [-0.3, -0.25) is 9.59 Å². The van der Waals surface area contributed by atoms with Gasteiger partial charge in [-0.15, -0.1) is 0 Å². The first-order valence-corrected chi connectivity index (χ1v) is 5.90. The standard InChI is InChI=1S/C15H13FN2O2/c1-18(9-19)14-4-2-10(3-5-14)15(20)11-6-12(16)8-13(17)7-11/h2-9H,17H2,1H3. The van der Waals surface area contributed by atoms with Crippen molar-refractivity contribution in [2.45, 2.75) is 0 Å². The second-order valence-corrected chi connectivity index (χ2v) is 4.37. The minimum atomic E-state index is -0.550. The number of anilines is 2. The van der Waals surface area contributed by atoms with E-state index in [4.69, 9.17) is 5.73 Å². The van der Waals surface area contributed by atoms with Crippen LogP contribution in [0.2, 0.25) is 0 Å². The quantitative estimate of drug-likeness (QED) is 0.527. The highest BCUT2D eigenvalue weighted by Gasteiger charge is 2.11. The number of nitrogens with zero attached hydrogens (tertiary/aromatic N) is 1. The number of carbonyl (C=O) groups excluding carboxylic acids is 2. The van der Waals surface area contributed by atoms with Crippen molar-refractivity contribution in [1.29, 1.82) is 0 Å². The van der Waals surface area contributed by atoms with Crippen molar-refractivity contribution in [1.82, 2.24) is 0 Å². The fraction of sp³-hybridized carbons (Fsp3) is 0.0667. The van der Waals surface area contributed by atoms with E-state index in [0.29, 0.717) is 17.7 Å². The molecule has 0 aliphatic carbocycles. The van der Waals surface area contributed by atoms with E-state index in [2.05, 4.69) is 0 Å². The van der Waals surface area contributed by atoms with Crippen LogP contribution >= 0.6 is 0 Å². The lowest BCUT2D eigenvalue weighted by atomic mass is 10.0. The van der Waals surface area contributed by atoms with E-state index in [0.717, 1.165) is 12.1 Å². The molecule has 2 aromatic carbocycles. The maximum Gasteiger partial charge on any atom is 0.213 e. The Morgan fingerprint density at radius 1 is 1.15 bits per heavy atom. The van der Waals surface area contributed by atoms with E-state index in [9.17, 15) is 14.0 Å². The summed E-state index contributed by atoms with van der Waals surface area (Å²) in [5.41, 5.74) is 6.98. The molecule has 1 amide bonds. The van der Waals surface area contributed by atoms with Gasteiger partial charge in [-0.1, -0.05) is 0 Å². The SMILES string of the molecule is CN(C=O)c1ccc(C(=O)c2cc(N)cc(F)c2)cc1. The molecule has 5 heteroatoms. The van der Waals surface area contributed by atoms with Crippen LogP contribution < -0.4 is 10.6 Å². The van der Waals surface area contributed by atoms with Gasteiger partial charge in [-0.05, 0) is 42.5 Å². The highest BCUT2D eigenvalue weighted by atomic mass is 19.1. The maximum absolute atomic E-state index is 13.2. The van der Waals surface area contributed by atoms with Crippen LogP contribution in [0.5, 0.6) is 0 Å². The number of carbonyl (C=O) groups is 2. The molecule has 0 radical (unpaired) electrons. The fourth-order valence-electron chi connectivity index (χ4n) is 1.82. The molecule has 0 unspecified atom stereocenters. The summed E-state index contributed by atoms with van der Waals surface area (Å²) >= 11 is 0. The molecule has 0 heterocycles. The summed E-state index contributed by atoms with van der Waals surface area (Å²) in [6, 6.07) is 10.2. The van der Waals surface area contributed by atoms with Crippen molar-refractivity contribution >= 4 is 23.6 Å². The third-order valence-electron chi connectivity index (χ3n) is 2.88. The molecule has 2 rings (SSSR count). The molecule has 2 aromatic rings. The molecule has 0 spiro atoms. The molecule has 4 nitrogen and oxygen atoms in total. The van der Waals surface area contributed by atoms with Crippen molar-refractivity contribution < 1.29 is 14.0 Å². The Hall–Kier alpha value is -2.69. The van der Waals surface area contributed by atoms with Crippen LogP contribution in [0.4, 0.5) is 15.8 Å². The summed E-state index contributed by atoms with van der Waals surface area (Å²) < 4.78 is 13.2. The van der Waals surface area contributed by atoms with Crippen LogP contribution in [0.15, 0.2) is 42.5 Å². The Labute approximate surface area is 115 Å². The van der Waals surface area contributed by atoms with Crippen LogP contribution in [0.1, 0.15) is 15.9 Å². The zero-order valence-electron chi connectivity index (χ0n) is 10.8. The minimum Gasteiger partial charge on any atom is -0.399 e. The number of benzene rings is 2. The molecule has 0 aliphatic rings. The average Bonchev–Trinajstić information content (AvgIpc) is 2.45. The van der Waals surface area contributed by atoms with Crippen LogP contribution in [0, 0.1) is 5.82 Å². The molecule has 0 fully saturated rings. The van der Waals surface area contributed by atoms with Gasteiger partial charge in [-0.2, -0.15) is 0 Å². The first-order valence-electron chi connectivity index (χ1n) is 5.90. The summed E-state index contributed by atoms with van der Waals surface area (Å²) in [4.78, 5) is 24.2. The Bertz CT molecular complexity index is 633. The van der Waals surface area contributed by atoms with Gasteiger partial charge in [0.05, 0.1) is 0 Å². The number of nitrogen functional groups attached to an aromatic ring is 1. The number of halogens is 1. The Balaban J connectivity index is 2.31. The molecule has 102 valence electrons. The molecule has 0 bridgehead atoms. The Morgan fingerprint density at radius 3 is 2.35 bits per heavy atom. The predicted molar refractivity (Wildman–Crippen MR) is 75.2 cm³/mol. The first-order chi connectivity index (χ1) is 9.51. The second kappa shape index (κ2) is 5.52. The lowest BCUT2D eigenvalue weighted by Crippen LogP contribution is -2.13. The molecular formula is C15H13FN2O2. The lowest BCUT2D eigenvalue weighted by Gasteiger charge is -2.11. The van der Waals surface area contributed by atoms with Crippen LogP contribution in [-0.4, -0.2) is 19.2 Å². The first kappa shape index (κ1) is 13.7. The van der Waals surface area contributed by atoms with Crippen molar-refractivity contribution in [3.05, 3.63) is 59.4 Å². The molecular weight excluding hydrogens is 259 g/mol. The number of amides is 1. The predicted octanol–water partition coefficient (Wildman–Crippen LogP) is 2.23. The van der Waals surface area contributed by atoms with E-state index in [1.807, 2.05) is 0 Å². The van der Waals surface area contributed by atoms with Crippen LogP contribution in [0.25, 0.3) is 0 Å². The van der Waals surface area contributed by atoms with Gasteiger partial charge in [0, 0.05) is 29.5 Å². The molecule has 0 saturated carbocycles. The van der Waals surface area contributed by atoms with E-state index < -0.39 is 5.82 Å². The molecule has 0 aliphatic heterocycles. The smallest absolute Gasteiger partial charge is 0.213 e. The van der Waals surface area contributed by atoms with E-state index in [1.54, 1.807) is 31.3 Å². The summed E-state index contributed by atoms with van der Waals surface area (Å²) in [5, 5.41) is 0. The third kappa shape index (κ3) is 2.83. The Kier molecular flexibility index (Phi) is 3.79. The topological polar surface area (TPSA) is 63.4 Å². The van der Waals surface area contributed by atoms with Gasteiger partial charge in [0.1, 0.15) is 5.82 Å². The minimum absolute atomic E-state index is 0.194. The second-order valence-electron chi connectivity index (χ2n) is 4.37. The Morgan fingerprint density at radius 2 is 1.80 bits per heavy atom. The molecule has 0 saturated heterocycles. The van der Waals surface area contributed by atoms with Crippen LogP contribution in [0.3, 0.4) is 0 Å². The third-order valence-corrected chi connectivity index (χ3v) is 2.88. The molecule has 20 heavy (non-hydrogen) atoms. The van der Waals surface area contributed by atoms with Crippen LogP contribution in [-0.2, 0) is 4.79 Å². The number of nitrogens with two attached hydrogens (primary N) is 1. The zero-order chi connectivity index (χ0) is 14.7. The van der Waals surface area contributed by atoms with Crippen molar-refractivity contribution in [2.24, 2.45) is 0 Å². The number of rotatable bonds is 4. The molecule has 0 aromatic heterocycles. The molecule has 2 N–H and O–H groups in total. The van der Waals surface area contributed by atoms with E-state index in [-0.39, 0.29) is 17.0 Å². The lowest BCUT2D eigenvalue weighted by molar-refractivity contribution is -0.107. The zero-order valence-corrected chi connectivity index (χ0v) is 10.8. The van der Waals surface area contributed by atoms with Crippen molar-refractivity contribution in [3.8, 4) is 0 Å². The number of hydrogen-bond donors (Lipinski definition) is 1. The summed E-state index contributed by atoms with van der Waals surface area (Å²) in [6.45, 7) is 0. The van der Waals surface area contributed by atoms with Crippen molar-refractivity contribution in [2.75, 3.05) is 17.7 Å². The monoisotopic (exact) mass is 272 g/mol. The van der Waals surface area contributed by atoms with Gasteiger partial charge in [0.2, 0.25) is 6.41 Å². The van der Waals surface area contributed by atoms with Gasteiger partial charge < -0.3 is 10.6 Å². The highest BCUT2D eigenvalue weighted by Crippen LogP contribution is 2.18. The van der Waals surface area contributed by atoms with Gasteiger partial charge >= 0.3 is 0 Å². The number of hydrogen-bond acceptors (Lipinski definition) is 3. The van der Waals surface area contributed by atoms with E-state index >= 15 is 0 Å². The normalized spacial score (nSPS) is 10.1. The van der Waals surface area contributed by atoms with E-state index in [1.165, 1.54) is 11.0 Å². The van der Waals surface area contributed by atoms with Gasteiger partial charge in [0.25, 0.3) is 0 Å². The molecule has 0 atom stereocenters. The largest absolute Gasteiger partial charge is 0.399 e. The summed E-state index contributed by atoms with van der Waals surface area (Å²) in [5.74, 6) is -0.873. The summed E-state index contributed by atoms with van der Waals surface area (Å²) in [6.07, 6.45) is 0.671.